The number of aromatic nitrogens is 2. The van der Waals surface area contributed by atoms with Gasteiger partial charge in [-0.15, -0.1) is 0 Å². The maximum Gasteiger partial charge on any atom is 0.192 e. The molecule has 94 valence electrons. The average molecular weight is 325 g/mol. The zero-order chi connectivity index (χ0) is 13.1. The fourth-order valence-electron chi connectivity index (χ4n) is 1.43. The first-order chi connectivity index (χ1) is 8.56. The molecule has 0 bridgehead atoms. The van der Waals surface area contributed by atoms with Gasteiger partial charge < -0.3 is 5.11 Å². The Balaban J connectivity index is 2.24. The van der Waals surface area contributed by atoms with Crippen LogP contribution >= 0.6 is 27.7 Å². The van der Waals surface area contributed by atoms with Gasteiger partial charge in [0, 0.05) is 21.3 Å². The predicted molar refractivity (Wildman–Crippen MR) is 75.7 cm³/mol. The monoisotopic (exact) mass is 324 g/mol. The first kappa shape index (κ1) is 13.5. The molecule has 5 heteroatoms. The minimum atomic E-state index is -0.462. The van der Waals surface area contributed by atoms with Gasteiger partial charge in [-0.1, -0.05) is 6.07 Å². The fraction of sp³-hybridized carbons (Fsp3) is 0.231. The van der Waals surface area contributed by atoms with E-state index in [4.69, 9.17) is 0 Å². The number of benzene rings is 1. The first-order valence-electron chi connectivity index (χ1n) is 5.51. The van der Waals surface area contributed by atoms with E-state index in [-0.39, 0.29) is 0 Å². The number of aliphatic hydroxyl groups excluding tert-OH is 1. The molecule has 2 aromatic rings. The Morgan fingerprint density at radius 1 is 1.33 bits per heavy atom. The molecule has 0 aliphatic rings. The third kappa shape index (κ3) is 3.31. The third-order valence-electron chi connectivity index (χ3n) is 2.41. The molecule has 0 amide bonds. The minimum Gasteiger partial charge on any atom is -0.389 e. The van der Waals surface area contributed by atoms with Crippen molar-refractivity contribution >= 4 is 27.7 Å². The normalized spacial score (nSPS) is 12.4. The van der Waals surface area contributed by atoms with Crippen LogP contribution in [-0.4, -0.2) is 15.1 Å². The molecule has 0 aliphatic heterocycles. The van der Waals surface area contributed by atoms with Crippen molar-refractivity contribution in [3.8, 4) is 0 Å². The number of hydrogen-bond donors (Lipinski definition) is 1. The van der Waals surface area contributed by atoms with Gasteiger partial charge in [0.05, 0.1) is 6.10 Å². The number of nitrogens with zero attached hydrogens (tertiary/aromatic N) is 2. The highest BCUT2D eigenvalue weighted by Crippen LogP contribution is 2.33. The average Bonchev–Trinajstić information content (AvgIpc) is 2.31. The number of aryl methyl sites for hydroxylation is 1. The van der Waals surface area contributed by atoms with Gasteiger partial charge in [0.15, 0.2) is 5.16 Å². The number of halogens is 1. The molecule has 0 aliphatic carbocycles. The maximum atomic E-state index is 9.51. The highest BCUT2D eigenvalue weighted by molar-refractivity contribution is 9.10. The third-order valence-corrected chi connectivity index (χ3v) is 4.29. The van der Waals surface area contributed by atoms with Gasteiger partial charge in [-0.25, -0.2) is 9.97 Å². The lowest BCUT2D eigenvalue weighted by Crippen LogP contribution is -1.92. The van der Waals surface area contributed by atoms with E-state index in [1.54, 1.807) is 13.1 Å². The van der Waals surface area contributed by atoms with Crippen LogP contribution < -0.4 is 0 Å². The first-order valence-corrected chi connectivity index (χ1v) is 7.12. The summed E-state index contributed by atoms with van der Waals surface area (Å²) >= 11 is 5.00. The molecule has 0 saturated heterocycles. The summed E-state index contributed by atoms with van der Waals surface area (Å²) in [6.07, 6.45) is 1.29. The number of rotatable bonds is 3. The number of hydrogen-bond acceptors (Lipinski definition) is 4. The van der Waals surface area contributed by atoms with Crippen LogP contribution in [0.4, 0.5) is 0 Å². The molecule has 0 saturated carbocycles. The Bertz CT molecular complexity index is 560. The quantitative estimate of drug-likeness (QED) is 0.873. The molecule has 1 N–H and O–H groups in total. The van der Waals surface area contributed by atoms with Gasteiger partial charge in [-0.2, -0.15) is 0 Å². The molecule has 1 aromatic heterocycles. The molecule has 3 nitrogen and oxygen atoms in total. The minimum absolute atomic E-state index is 0.462. The lowest BCUT2D eigenvalue weighted by atomic mass is 10.1. The highest BCUT2D eigenvalue weighted by atomic mass is 79.9. The summed E-state index contributed by atoms with van der Waals surface area (Å²) in [6.45, 7) is 3.69. The van der Waals surface area contributed by atoms with Gasteiger partial charge in [0.2, 0.25) is 0 Å². The molecule has 0 unspecified atom stereocenters. The standard InChI is InChI=1S/C13H13BrN2OS/c1-8-5-6-15-13(16-8)18-12-4-3-10(9(2)17)7-11(12)14/h3-7,9,17H,1-2H3/t9-/m0/s1. The van der Waals surface area contributed by atoms with E-state index in [1.807, 2.05) is 31.2 Å². The van der Waals surface area contributed by atoms with E-state index < -0.39 is 6.10 Å². The molecule has 18 heavy (non-hydrogen) atoms. The van der Waals surface area contributed by atoms with E-state index in [1.165, 1.54) is 11.8 Å². The van der Waals surface area contributed by atoms with Crippen LogP contribution in [0.1, 0.15) is 24.3 Å². The SMILES string of the molecule is Cc1ccnc(Sc2ccc([C@H](C)O)cc2Br)n1. The molecular weight excluding hydrogens is 312 g/mol. The lowest BCUT2D eigenvalue weighted by Gasteiger charge is -2.08. The molecule has 1 aromatic carbocycles. The topological polar surface area (TPSA) is 46.0 Å². The van der Waals surface area contributed by atoms with E-state index in [0.717, 1.165) is 25.8 Å². The van der Waals surface area contributed by atoms with Crippen molar-refractivity contribution < 1.29 is 5.11 Å². The van der Waals surface area contributed by atoms with Crippen molar-refractivity contribution in [3.63, 3.8) is 0 Å². The van der Waals surface area contributed by atoms with Crippen LogP contribution in [0, 0.1) is 6.92 Å². The number of aliphatic hydroxyl groups is 1. The van der Waals surface area contributed by atoms with E-state index in [2.05, 4.69) is 25.9 Å². The molecule has 1 heterocycles. The van der Waals surface area contributed by atoms with Gasteiger partial charge >= 0.3 is 0 Å². The molecule has 0 radical (unpaired) electrons. The van der Waals surface area contributed by atoms with Gasteiger partial charge in [-0.05, 0) is 65.3 Å². The lowest BCUT2D eigenvalue weighted by molar-refractivity contribution is 0.199. The summed E-state index contributed by atoms with van der Waals surface area (Å²) in [4.78, 5) is 9.60. The van der Waals surface area contributed by atoms with Crippen molar-refractivity contribution in [3.05, 3.63) is 46.2 Å². The molecular formula is C13H13BrN2OS. The van der Waals surface area contributed by atoms with Crippen molar-refractivity contribution in [2.45, 2.75) is 30.0 Å². The molecule has 1 atom stereocenters. The van der Waals surface area contributed by atoms with Gasteiger partial charge in [-0.3, -0.25) is 0 Å². The fourth-order valence-corrected chi connectivity index (χ4v) is 2.86. The van der Waals surface area contributed by atoms with Crippen LogP contribution in [0.25, 0.3) is 0 Å². The summed E-state index contributed by atoms with van der Waals surface area (Å²) in [5.41, 5.74) is 1.83. The van der Waals surface area contributed by atoms with Crippen LogP contribution in [0.15, 0.2) is 45.0 Å². The summed E-state index contributed by atoms with van der Waals surface area (Å²) in [6, 6.07) is 7.66. The summed E-state index contributed by atoms with van der Waals surface area (Å²) in [5, 5.41) is 10.2. The van der Waals surface area contributed by atoms with Crippen molar-refractivity contribution in [1.82, 2.24) is 9.97 Å². The van der Waals surface area contributed by atoms with Gasteiger partial charge in [0.25, 0.3) is 0 Å². The Hall–Kier alpha value is -0.910. The zero-order valence-corrected chi connectivity index (χ0v) is 12.5. The van der Waals surface area contributed by atoms with Crippen molar-refractivity contribution in [2.24, 2.45) is 0 Å². The second kappa shape index (κ2) is 5.82. The van der Waals surface area contributed by atoms with Crippen molar-refractivity contribution in [1.29, 1.82) is 0 Å². The molecule has 2 rings (SSSR count). The highest BCUT2D eigenvalue weighted by Gasteiger charge is 2.08. The van der Waals surface area contributed by atoms with Crippen LogP contribution in [-0.2, 0) is 0 Å². The predicted octanol–water partition coefficient (Wildman–Crippen LogP) is 3.75. The Morgan fingerprint density at radius 3 is 2.72 bits per heavy atom. The second-order valence-electron chi connectivity index (χ2n) is 3.95. The maximum absolute atomic E-state index is 9.51. The van der Waals surface area contributed by atoms with Crippen molar-refractivity contribution in [2.75, 3.05) is 0 Å². The van der Waals surface area contributed by atoms with Crippen LogP contribution in [0.2, 0.25) is 0 Å². The van der Waals surface area contributed by atoms with E-state index in [9.17, 15) is 5.11 Å². The Morgan fingerprint density at radius 2 is 2.11 bits per heavy atom. The van der Waals surface area contributed by atoms with Gasteiger partial charge in [0.1, 0.15) is 0 Å². The summed E-state index contributed by atoms with van der Waals surface area (Å²) < 4.78 is 0.941. The zero-order valence-electron chi connectivity index (χ0n) is 10.1. The summed E-state index contributed by atoms with van der Waals surface area (Å²) in [5.74, 6) is 0. The smallest absolute Gasteiger partial charge is 0.192 e. The van der Waals surface area contributed by atoms with E-state index in [0.29, 0.717) is 0 Å². The van der Waals surface area contributed by atoms with Crippen LogP contribution in [0.3, 0.4) is 0 Å². The summed E-state index contributed by atoms with van der Waals surface area (Å²) in [7, 11) is 0. The second-order valence-corrected chi connectivity index (χ2v) is 5.81. The molecule has 0 fully saturated rings. The largest absolute Gasteiger partial charge is 0.389 e. The molecule has 0 spiro atoms. The Kier molecular flexibility index (Phi) is 4.37. The van der Waals surface area contributed by atoms with Crippen LogP contribution in [0.5, 0.6) is 0 Å². The van der Waals surface area contributed by atoms with E-state index >= 15 is 0 Å². The Labute approximate surface area is 119 Å².